The lowest BCUT2D eigenvalue weighted by atomic mass is 9.80. The van der Waals surface area contributed by atoms with Crippen LogP contribution in [-0.4, -0.2) is 23.2 Å². The quantitative estimate of drug-likeness (QED) is 0.471. The number of ether oxygens (including phenoxy) is 1. The van der Waals surface area contributed by atoms with Crippen LogP contribution in [0.3, 0.4) is 0 Å². The summed E-state index contributed by atoms with van der Waals surface area (Å²) < 4.78 is 5.49. The number of benzene rings is 2. The van der Waals surface area contributed by atoms with Crippen LogP contribution in [0.15, 0.2) is 42.5 Å². The van der Waals surface area contributed by atoms with Crippen LogP contribution in [0.4, 0.5) is 5.69 Å². The number of hydrogen-bond donors (Lipinski definition) is 0. The summed E-state index contributed by atoms with van der Waals surface area (Å²) in [6.45, 7) is 6.00. The summed E-state index contributed by atoms with van der Waals surface area (Å²) in [5.41, 5.74) is 1.87. The molecule has 2 aliphatic rings. The van der Waals surface area contributed by atoms with Gasteiger partial charge in [-0.3, -0.25) is 14.5 Å². The molecular weight excluding hydrogens is 330 g/mol. The number of amides is 1. The van der Waals surface area contributed by atoms with Gasteiger partial charge in [0.1, 0.15) is 5.75 Å². The highest BCUT2D eigenvalue weighted by Crippen LogP contribution is 2.49. The van der Waals surface area contributed by atoms with Crippen molar-refractivity contribution in [3.63, 3.8) is 0 Å². The first-order valence-electron chi connectivity index (χ1n) is 8.63. The van der Waals surface area contributed by atoms with Gasteiger partial charge < -0.3 is 4.74 Å². The van der Waals surface area contributed by atoms with Crippen molar-refractivity contribution in [3.8, 4) is 5.75 Å². The van der Waals surface area contributed by atoms with Crippen molar-refractivity contribution >= 4 is 23.3 Å². The minimum absolute atomic E-state index is 0.143. The Kier molecular flexibility index (Phi) is 3.51. The third-order valence-electron chi connectivity index (χ3n) is 5.14. The molecule has 0 aromatic heterocycles. The Labute approximate surface area is 151 Å². The molecule has 1 amide bonds. The number of rotatable bonds is 2. The van der Waals surface area contributed by atoms with E-state index in [0.29, 0.717) is 22.6 Å². The van der Waals surface area contributed by atoms with Crippen LogP contribution in [0.5, 0.6) is 5.75 Å². The van der Waals surface area contributed by atoms with E-state index in [0.717, 1.165) is 12.0 Å². The summed E-state index contributed by atoms with van der Waals surface area (Å²) in [6.07, 6.45) is 0.731. The maximum Gasteiger partial charge on any atom is 0.343 e. The Morgan fingerprint density at radius 1 is 1.15 bits per heavy atom. The van der Waals surface area contributed by atoms with Crippen molar-refractivity contribution in [2.24, 2.45) is 0 Å². The molecule has 0 saturated carbocycles. The standard InChI is InChI=1S/C21H19NO4/c1-12-11-21(2,3)22-17-15(12)9-14(10-16(17)18(23)19(22)24)26-20(25)13-7-5-4-6-8-13/h4-10,12H,11H2,1-3H3. The number of ketones is 1. The van der Waals surface area contributed by atoms with Crippen LogP contribution < -0.4 is 9.64 Å². The highest BCUT2D eigenvalue weighted by molar-refractivity contribution is 6.53. The summed E-state index contributed by atoms with van der Waals surface area (Å²) in [4.78, 5) is 39.0. The van der Waals surface area contributed by atoms with Crippen molar-refractivity contribution in [2.45, 2.75) is 38.6 Å². The van der Waals surface area contributed by atoms with Crippen molar-refractivity contribution < 1.29 is 19.1 Å². The number of anilines is 1. The van der Waals surface area contributed by atoms with E-state index in [2.05, 4.69) is 6.92 Å². The SMILES string of the molecule is CC1CC(C)(C)N2C(=O)C(=O)c3cc(OC(=O)c4ccccc4)cc1c32. The fraction of sp³-hybridized carbons (Fsp3) is 0.286. The molecule has 4 rings (SSSR count). The number of hydrogen-bond acceptors (Lipinski definition) is 4. The Morgan fingerprint density at radius 3 is 2.54 bits per heavy atom. The van der Waals surface area contributed by atoms with Crippen molar-refractivity contribution in [1.29, 1.82) is 0 Å². The van der Waals surface area contributed by atoms with Crippen molar-refractivity contribution in [3.05, 3.63) is 59.2 Å². The normalized spacial score (nSPS) is 20.1. The van der Waals surface area contributed by atoms with Gasteiger partial charge in [0.25, 0.3) is 11.7 Å². The van der Waals surface area contributed by atoms with Gasteiger partial charge in [-0.1, -0.05) is 25.1 Å². The zero-order chi connectivity index (χ0) is 18.6. The fourth-order valence-electron chi connectivity index (χ4n) is 4.07. The van der Waals surface area contributed by atoms with E-state index < -0.39 is 23.2 Å². The van der Waals surface area contributed by atoms with E-state index >= 15 is 0 Å². The minimum Gasteiger partial charge on any atom is -0.423 e. The molecule has 0 spiro atoms. The molecule has 5 nitrogen and oxygen atoms in total. The third-order valence-corrected chi connectivity index (χ3v) is 5.14. The first-order valence-corrected chi connectivity index (χ1v) is 8.63. The molecule has 2 aromatic carbocycles. The van der Waals surface area contributed by atoms with Gasteiger partial charge >= 0.3 is 5.97 Å². The minimum atomic E-state index is -0.541. The molecule has 132 valence electrons. The highest BCUT2D eigenvalue weighted by Gasteiger charge is 2.49. The molecular formula is C21H19NO4. The van der Waals surface area contributed by atoms with Crippen LogP contribution in [0, 0.1) is 0 Å². The van der Waals surface area contributed by atoms with Gasteiger partial charge in [-0.2, -0.15) is 0 Å². The van der Waals surface area contributed by atoms with Gasteiger partial charge in [0.15, 0.2) is 0 Å². The summed E-state index contributed by atoms with van der Waals surface area (Å²) in [7, 11) is 0. The van der Waals surface area contributed by atoms with E-state index in [1.165, 1.54) is 6.07 Å². The average Bonchev–Trinajstić information content (AvgIpc) is 2.86. The Hall–Kier alpha value is -2.95. The zero-order valence-electron chi connectivity index (χ0n) is 14.9. The number of esters is 1. The summed E-state index contributed by atoms with van der Waals surface area (Å²) in [5.74, 6) is -1.10. The second-order valence-corrected chi connectivity index (χ2v) is 7.55. The Balaban J connectivity index is 1.78. The molecule has 2 aromatic rings. The van der Waals surface area contributed by atoms with Gasteiger partial charge in [0.2, 0.25) is 0 Å². The Bertz CT molecular complexity index is 946. The lowest BCUT2D eigenvalue weighted by Gasteiger charge is -2.43. The van der Waals surface area contributed by atoms with E-state index in [4.69, 9.17) is 4.74 Å². The molecule has 2 heterocycles. The van der Waals surface area contributed by atoms with Crippen molar-refractivity contribution in [2.75, 3.05) is 4.90 Å². The molecule has 0 radical (unpaired) electrons. The molecule has 2 aliphatic heterocycles. The summed E-state index contributed by atoms with van der Waals surface area (Å²) >= 11 is 0. The summed E-state index contributed by atoms with van der Waals surface area (Å²) in [5, 5.41) is 0. The molecule has 26 heavy (non-hydrogen) atoms. The van der Waals surface area contributed by atoms with Gasteiger partial charge in [-0.25, -0.2) is 4.79 Å². The first kappa shape index (κ1) is 16.5. The monoisotopic (exact) mass is 349 g/mol. The summed E-state index contributed by atoms with van der Waals surface area (Å²) in [6, 6.07) is 12.0. The molecule has 0 fully saturated rings. The van der Waals surface area contributed by atoms with E-state index in [-0.39, 0.29) is 5.92 Å². The molecule has 0 saturated heterocycles. The van der Waals surface area contributed by atoms with E-state index in [1.54, 1.807) is 35.2 Å². The lowest BCUT2D eigenvalue weighted by Crippen LogP contribution is -2.50. The van der Waals surface area contributed by atoms with Crippen LogP contribution >= 0.6 is 0 Å². The average molecular weight is 349 g/mol. The van der Waals surface area contributed by atoms with Crippen LogP contribution in [-0.2, 0) is 4.79 Å². The predicted molar refractivity (Wildman–Crippen MR) is 96.8 cm³/mol. The van der Waals surface area contributed by atoms with Gasteiger partial charge in [0, 0.05) is 5.54 Å². The third kappa shape index (κ3) is 2.35. The predicted octanol–water partition coefficient (Wildman–Crippen LogP) is 3.72. The molecule has 1 unspecified atom stereocenters. The maximum absolute atomic E-state index is 12.5. The second-order valence-electron chi connectivity index (χ2n) is 7.55. The molecule has 0 bridgehead atoms. The highest BCUT2D eigenvalue weighted by atomic mass is 16.5. The second kappa shape index (κ2) is 5.53. The van der Waals surface area contributed by atoms with Gasteiger partial charge in [-0.15, -0.1) is 0 Å². The number of Topliss-reactive ketones (excluding diaryl/α,β-unsaturated/α-hetero) is 1. The zero-order valence-corrected chi connectivity index (χ0v) is 14.9. The largest absolute Gasteiger partial charge is 0.423 e. The number of nitrogens with zero attached hydrogens (tertiary/aromatic N) is 1. The fourth-order valence-corrected chi connectivity index (χ4v) is 4.07. The van der Waals surface area contributed by atoms with Gasteiger partial charge in [-0.05, 0) is 56.0 Å². The van der Waals surface area contributed by atoms with E-state index in [1.807, 2.05) is 19.9 Å². The number of carbonyl (C=O) groups excluding carboxylic acids is 3. The van der Waals surface area contributed by atoms with Crippen LogP contribution in [0.1, 0.15) is 59.4 Å². The number of carbonyl (C=O) groups is 3. The topological polar surface area (TPSA) is 63.7 Å². The van der Waals surface area contributed by atoms with E-state index in [9.17, 15) is 14.4 Å². The molecule has 0 aliphatic carbocycles. The van der Waals surface area contributed by atoms with Crippen LogP contribution in [0.25, 0.3) is 0 Å². The lowest BCUT2D eigenvalue weighted by molar-refractivity contribution is -0.115. The first-order chi connectivity index (χ1) is 12.3. The van der Waals surface area contributed by atoms with Crippen LogP contribution in [0.2, 0.25) is 0 Å². The molecule has 0 N–H and O–H groups in total. The smallest absolute Gasteiger partial charge is 0.343 e. The Morgan fingerprint density at radius 2 is 1.85 bits per heavy atom. The maximum atomic E-state index is 12.5. The molecule has 1 atom stereocenters. The van der Waals surface area contributed by atoms with Crippen molar-refractivity contribution in [1.82, 2.24) is 0 Å². The van der Waals surface area contributed by atoms with Gasteiger partial charge in [0.05, 0.1) is 16.8 Å². The molecule has 5 heteroatoms.